The van der Waals surface area contributed by atoms with E-state index < -0.39 is 0 Å². The van der Waals surface area contributed by atoms with E-state index in [1.54, 1.807) is 4.57 Å². The number of carbonyl (C=O) groups excluding carboxylic acids is 1. The lowest BCUT2D eigenvalue weighted by Crippen LogP contribution is -2.23. The quantitative estimate of drug-likeness (QED) is 0.753. The first-order chi connectivity index (χ1) is 13.0. The second-order valence-electron chi connectivity index (χ2n) is 7.07. The molecular formula is C20H22N4O2S. The van der Waals surface area contributed by atoms with Crippen LogP contribution in [0, 0.1) is 6.92 Å². The van der Waals surface area contributed by atoms with Crippen LogP contribution < -0.4 is 15.8 Å². The van der Waals surface area contributed by atoms with Crippen molar-refractivity contribution in [1.29, 1.82) is 0 Å². The summed E-state index contributed by atoms with van der Waals surface area (Å²) in [4.78, 5) is 33.3. The Kier molecular flexibility index (Phi) is 4.47. The third-order valence-electron chi connectivity index (χ3n) is 5.02. The van der Waals surface area contributed by atoms with Crippen LogP contribution >= 0.6 is 11.3 Å². The third kappa shape index (κ3) is 3.12. The van der Waals surface area contributed by atoms with Gasteiger partial charge in [0.25, 0.3) is 11.5 Å². The molecule has 0 bridgehead atoms. The minimum absolute atomic E-state index is 0.0143. The molecule has 1 aromatic carbocycles. The number of rotatable bonds is 4. The lowest BCUT2D eigenvalue weighted by Gasteiger charge is -2.12. The highest BCUT2D eigenvalue weighted by Crippen LogP contribution is 2.28. The van der Waals surface area contributed by atoms with E-state index in [2.05, 4.69) is 10.3 Å². The lowest BCUT2D eigenvalue weighted by molar-refractivity contribution is 0.0954. The minimum Gasteiger partial charge on any atom is -0.378 e. The van der Waals surface area contributed by atoms with Crippen LogP contribution in [0.2, 0.25) is 0 Å². The van der Waals surface area contributed by atoms with Gasteiger partial charge in [-0.1, -0.05) is 12.1 Å². The van der Waals surface area contributed by atoms with Crippen LogP contribution in [0.15, 0.2) is 29.1 Å². The fraction of sp³-hybridized carbons (Fsp3) is 0.350. The summed E-state index contributed by atoms with van der Waals surface area (Å²) >= 11 is 1.31. The Labute approximate surface area is 161 Å². The highest BCUT2D eigenvalue weighted by atomic mass is 32.1. The van der Waals surface area contributed by atoms with E-state index in [0.29, 0.717) is 21.6 Å². The standard InChI is InChI=1S/C20H22N4O2S/c1-12-16-19(22-15-5-4-10-24(15)20(16)26)27-17(12)18(25)21-11-13-6-8-14(9-7-13)23(2)3/h6-9H,4-5,10-11H2,1-3H3,(H,21,25). The summed E-state index contributed by atoms with van der Waals surface area (Å²) in [5.41, 5.74) is 2.87. The van der Waals surface area contributed by atoms with Crippen molar-refractivity contribution in [2.45, 2.75) is 32.9 Å². The molecule has 6 nitrogen and oxygen atoms in total. The first-order valence-electron chi connectivity index (χ1n) is 9.03. The Balaban J connectivity index is 1.57. The van der Waals surface area contributed by atoms with Gasteiger partial charge in [-0.2, -0.15) is 0 Å². The van der Waals surface area contributed by atoms with Gasteiger partial charge in [-0.05, 0) is 36.6 Å². The molecule has 1 amide bonds. The predicted octanol–water partition coefficient (Wildman–Crippen LogP) is 2.71. The summed E-state index contributed by atoms with van der Waals surface area (Å²) in [6, 6.07) is 8.06. The molecule has 0 saturated heterocycles. The molecule has 1 aliphatic rings. The van der Waals surface area contributed by atoms with Crippen molar-refractivity contribution in [2.75, 3.05) is 19.0 Å². The second-order valence-corrected chi connectivity index (χ2v) is 8.07. The first-order valence-corrected chi connectivity index (χ1v) is 9.84. The molecule has 27 heavy (non-hydrogen) atoms. The average molecular weight is 382 g/mol. The van der Waals surface area contributed by atoms with E-state index in [0.717, 1.165) is 42.0 Å². The summed E-state index contributed by atoms with van der Waals surface area (Å²) in [7, 11) is 3.99. The molecule has 7 heteroatoms. The molecule has 2 aromatic heterocycles. The Bertz CT molecular complexity index is 1080. The first kappa shape index (κ1) is 17.7. The lowest BCUT2D eigenvalue weighted by atomic mass is 10.2. The van der Waals surface area contributed by atoms with Gasteiger partial charge in [0, 0.05) is 39.3 Å². The van der Waals surface area contributed by atoms with Crippen LogP contribution in [0.1, 0.15) is 33.0 Å². The van der Waals surface area contributed by atoms with Gasteiger partial charge in [0.2, 0.25) is 0 Å². The highest BCUT2D eigenvalue weighted by molar-refractivity contribution is 7.20. The van der Waals surface area contributed by atoms with Crippen molar-refractivity contribution in [3.05, 3.63) is 56.4 Å². The number of carbonyl (C=O) groups is 1. The molecule has 0 aliphatic carbocycles. The molecular weight excluding hydrogens is 360 g/mol. The molecule has 0 saturated carbocycles. The average Bonchev–Trinajstić information content (AvgIpc) is 3.25. The number of nitrogens with one attached hydrogen (secondary N) is 1. The number of benzene rings is 1. The summed E-state index contributed by atoms with van der Waals surface area (Å²) in [6.07, 6.45) is 1.78. The zero-order chi connectivity index (χ0) is 19.1. The molecule has 3 heterocycles. The Morgan fingerprint density at radius 3 is 2.74 bits per heavy atom. The van der Waals surface area contributed by atoms with Gasteiger partial charge < -0.3 is 10.2 Å². The van der Waals surface area contributed by atoms with Crippen LogP contribution in [0.25, 0.3) is 10.2 Å². The summed E-state index contributed by atoms with van der Waals surface area (Å²) in [6.45, 7) is 3.00. The topological polar surface area (TPSA) is 67.2 Å². The number of hydrogen-bond acceptors (Lipinski definition) is 5. The van der Waals surface area contributed by atoms with Crippen LogP contribution in [0.5, 0.6) is 0 Å². The molecule has 1 N–H and O–H groups in total. The van der Waals surface area contributed by atoms with Gasteiger partial charge in [-0.25, -0.2) is 4.98 Å². The third-order valence-corrected chi connectivity index (χ3v) is 6.21. The minimum atomic E-state index is -0.156. The van der Waals surface area contributed by atoms with E-state index in [-0.39, 0.29) is 11.5 Å². The van der Waals surface area contributed by atoms with E-state index in [9.17, 15) is 9.59 Å². The summed E-state index contributed by atoms with van der Waals surface area (Å²) < 4.78 is 1.75. The Morgan fingerprint density at radius 1 is 1.30 bits per heavy atom. The molecule has 4 rings (SSSR count). The van der Waals surface area contributed by atoms with Crippen LogP contribution in [-0.2, 0) is 19.5 Å². The fourth-order valence-corrected chi connectivity index (χ4v) is 4.57. The number of amides is 1. The maximum Gasteiger partial charge on any atom is 0.262 e. The molecule has 0 radical (unpaired) electrons. The van der Waals surface area contributed by atoms with Crippen molar-refractivity contribution in [1.82, 2.24) is 14.9 Å². The second kappa shape index (κ2) is 6.81. The van der Waals surface area contributed by atoms with Crippen molar-refractivity contribution in [2.24, 2.45) is 0 Å². The Morgan fingerprint density at radius 2 is 2.04 bits per heavy atom. The number of hydrogen-bond donors (Lipinski definition) is 1. The maximum atomic E-state index is 12.7. The number of aromatic nitrogens is 2. The highest BCUT2D eigenvalue weighted by Gasteiger charge is 2.23. The van der Waals surface area contributed by atoms with E-state index >= 15 is 0 Å². The number of aryl methyl sites for hydroxylation is 2. The van der Waals surface area contributed by atoms with Gasteiger partial charge in [0.1, 0.15) is 10.7 Å². The largest absolute Gasteiger partial charge is 0.378 e. The van der Waals surface area contributed by atoms with Crippen molar-refractivity contribution in [3.63, 3.8) is 0 Å². The van der Waals surface area contributed by atoms with Crippen LogP contribution in [0.4, 0.5) is 5.69 Å². The zero-order valence-electron chi connectivity index (χ0n) is 15.7. The maximum absolute atomic E-state index is 12.7. The van der Waals surface area contributed by atoms with Gasteiger partial charge >= 0.3 is 0 Å². The van der Waals surface area contributed by atoms with Gasteiger partial charge in [-0.15, -0.1) is 11.3 Å². The van der Waals surface area contributed by atoms with Gasteiger partial charge in [0.15, 0.2) is 0 Å². The van der Waals surface area contributed by atoms with Crippen LogP contribution in [-0.4, -0.2) is 29.6 Å². The predicted molar refractivity (Wildman–Crippen MR) is 109 cm³/mol. The van der Waals surface area contributed by atoms with Crippen molar-refractivity contribution < 1.29 is 4.79 Å². The van der Waals surface area contributed by atoms with Crippen LogP contribution in [0.3, 0.4) is 0 Å². The number of thiophene rings is 1. The molecule has 0 atom stereocenters. The van der Waals surface area contributed by atoms with Crippen molar-refractivity contribution >= 4 is 33.1 Å². The molecule has 140 valence electrons. The number of fused-ring (bicyclic) bond motifs is 2. The number of nitrogens with zero attached hydrogens (tertiary/aromatic N) is 3. The summed E-state index contributed by atoms with van der Waals surface area (Å²) in [5.74, 6) is 0.679. The smallest absolute Gasteiger partial charge is 0.262 e. The Hall–Kier alpha value is -2.67. The molecule has 0 fully saturated rings. The van der Waals surface area contributed by atoms with E-state index in [4.69, 9.17) is 0 Å². The molecule has 0 unspecified atom stereocenters. The van der Waals surface area contributed by atoms with E-state index in [1.807, 2.05) is 50.2 Å². The summed E-state index contributed by atoms with van der Waals surface area (Å²) in [5, 5.41) is 3.55. The SMILES string of the molecule is Cc1c(C(=O)NCc2ccc(N(C)C)cc2)sc2nc3n(c(=O)c12)CCC3. The van der Waals surface area contributed by atoms with E-state index in [1.165, 1.54) is 11.3 Å². The van der Waals surface area contributed by atoms with Gasteiger partial charge in [-0.3, -0.25) is 14.2 Å². The molecule has 3 aromatic rings. The van der Waals surface area contributed by atoms with Crippen molar-refractivity contribution in [3.8, 4) is 0 Å². The zero-order valence-corrected chi connectivity index (χ0v) is 16.5. The van der Waals surface area contributed by atoms with Gasteiger partial charge in [0.05, 0.1) is 10.3 Å². The molecule has 1 aliphatic heterocycles. The number of anilines is 1. The normalized spacial score (nSPS) is 13.0. The molecule has 0 spiro atoms. The monoisotopic (exact) mass is 382 g/mol. The fourth-order valence-electron chi connectivity index (χ4n) is 3.47.